The van der Waals surface area contributed by atoms with Crippen molar-refractivity contribution in [1.82, 2.24) is 9.97 Å². The normalized spacial score (nSPS) is 10.9. The standard InChI is InChI=1S/C19H14BrN5O2/c1-21-15-16(18(27)17(15)26)24-12-5-6-14-13(8-12)19(23-9-22-14)25-11-4-2-3-10(20)7-11/h2-9,21,24H,1H3,(H,22,23,25). The molecule has 0 aliphatic rings. The van der Waals surface area contributed by atoms with Crippen molar-refractivity contribution in [2.45, 2.75) is 0 Å². The lowest BCUT2D eigenvalue weighted by molar-refractivity contribution is 1.22. The summed E-state index contributed by atoms with van der Waals surface area (Å²) >= 11 is 3.45. The van der Waals surface area contributed by atoms with Crippen LogP contribution in [0.4, 0.5) is 28.6 Å². The largest absolute Gasteiger partial charge is 0.383 e. The maximum atomic E-state index is 11.8. The molecule has 4 aromatic rings. The molecule has 0 aliphatic carbocycles. The Kier molecular flexibility index (Phi) is 4.33. The van der Waals surface area contributed by atoms with Crippen LogP contribution in [0.1, 0.15) is 0 Å². The van der Waals surface area contributed by atoms with Gasteiger partial charge >= 0.3 is 0 Å². The molecule has 0 amide bonds. The predicted octanol–water partition coefficient (Wildman–Crippen LogP) is 3.52. The van der Waals surface area contributed by atoms with Gasteiger partial charge in [0.05, 0.1) is 5.52 Å². The van der Waals surface area contributed by atoms with Gasteiger partial charge in [0.1, 0.15) is 23.5 Å². The lowest BCUT2D eigenvalue weighted by atomic mass is 10.1. The molecule has 0 saturated carbocycles. The molecular weight excluding hydrogens is 410 g/mol. The minimum atomic E-state index is -0.531. The Hall–Kier alpha value is -3.26. The molecule has 0 unspecified atom stereocenters. The van der Waals surface area contributed by atoms with Crippen LogP contribution < -0.4 is 26.8 Å². The SMILES string of the molecule is CNc1c(Nc2ccc3ncnc(Nc4cccc(Br)c4)c3c2)c(=O)c1=O. The molecule has 4 rings (SSSR count). The highest BCUT2D eigenvalue weighted by Crippen LogP contribution is 2.28. The van der Waals surface area contributed by atoms with Crippen LogP contribution >= 0.6 is 15.9 Å². The molecule has 0 spiro atoms. The lowest BCUT2D eigenvalue weighted by Crippen LogP contribution is -2.35. The summed E-state index contributed by atoms with van der Waals surface area (Å²) in [4.78, 5) is 31.9. The first-order valence-corrected chi connectivity index (χ1v) is 8.91. The number of nitrogens with zero attached hydrogens (tertiary/aromatic N) is 2. The van der Waals surface area contributed by atoms with Gasteiger partial charge in [-0.25, -0.2) is 9.97 Å². The molecule has 8 heteroatoms. The zero-order chi connectivity index (χ0) is 19.0. The second-order valence-electron chi connectivity index (χ2n) is 5.87. The van der Waals surface area contributed by atoms with Crippen molar-refractivity contribution in [2.24, 2.45) is 0 Å². The molecule has 0 radical (unpaired) electrons. The summed E-state index contributed by atoms with van der Waals surface area (Å²) in [6.07, 6.45) is 1.49. The average Bonchev–Trinajstić information content (AvgIpc) is 2.68. The third kappa shape index (κ3) is 3.15. The highest BCUT2D eigenvalue weighted by atomic mass is 79.9. The van der Waals surface area contributed by atoms with Crippen molar-refractivity contribution in [3.63, 3.8) is 0 Å². The number of aromatic nitrogens is 2. The average molecular weight is 424 g/mol. The van der Waals surface area contributed by atoms with Gasteiger partial charge < -0.3 is 16.0 Å². The van der Waals surface area contributed by atoms with Crippen LogP contribution in [0, 0.1) is 0 Å². The molecule has 1 aromatic heterocycles. The Morgan fingerprint density at radius 1 is 0.889 bits per heavy atom. The Morgan fingerprint density at radius 2 is 1.67 bits per heavy atom. The van der Waals surface area contributed by atoms with E-state index < -0.39 is 10.9 Å². The fourth-order valence-corrected chi connectivity index (χ4v) is 3.23. The minimum absolute atomic E-state index is 0.264. The summed E-state index contributed by atoms with van der Waals surface area (Å²) < 4.78 is 0.952. The summed E-state index contributed by atoms with van der Waals surface area (Å²) in [7, 11) is 1.61. The van der Waals surface area contributed by atoms with E-state index in [2.05, 4.69) is 41.8 Å². The number of hydrogen-bond acceptors (Lipinski definition) is 7. The van der Waals surface area contributed by atoms with Crippen molar-refractivity contribution in [3.8, 4) is 0 Å². The first-order valence-electron chi connectivity index (χ1n) is 8.12. The van der Waals surface area contributed by atoms with E-state index in [1.54, 1.807) is 13.1 Å². The molecule has 3 aromatic carbocycles. The summed E-state index contributed by atoms with van der Waals surface area (Å²) in [5.74, 6) is 0.639. The predicted molar refractivity (Wildman–Crippen MR) is 111 cm³/mol. The summed E-state index contributed by atoms with van der Waals surface area (Å²) in [6.45, 7) is 0. The van der Waals surface area contributed by atoms with Gasteiger partial charge in [-0.2, -0.15) is 0 Å². The number of nitrogens with one attached hydrogen (secondary N) is 3. The van der Waals surface area contributed by atoms with E-state index in [4.69, 9.17) is 0 Å². The number of anilines is 5. The number of rotatable bonds is 5. The third-order valence-electron chi connectivity index (χ3n) is 4.15. The van der Waals surface area contributed by atoms with Crippen molar-refractivity contribution >= 4 is 55.4 Å². The maximum Gasteiger partial charge on any atom is 0.253 e. The minimum Gasteiger partial charge on any atom is -0.383 e. The Bertz CT molecular complexity index is 1230. The van der Waals surface area contributed by atoms with E-state index in [0.29, 0.717) is 11.5 Å². The van der Waals surface area contributed by atoms with Crippen molar-refractivity contribution < 1.29 is 0 Å². The van der Waals surface area contributed by atoms with Crippen LogP contribution in [0.25, 0.3) is 10.9 Å². The van der Waals surface area contributed by atoms with E-state index in [0.717, 1.165) is 21.1 Å². The molecule has 0 fully saturated rings. The first kappa shape index (κ1) is 17.2. The fourth-order valence-electron chi connectivity index (χ4n) is 2.83. The Labute approximate surface area is 162 Å². The molecule has 3 N–H and O–H groups in total. The second kappa shape index (κ2) is 6.81. The van der Waals surface area contributed by atoms with Crippen molar-refractivity contribution in [2.75, 3.05) is 23.0 Å². The molecule has 27 heavy (non-hydrogen) atoms. The zero-order valence-corrected chi connectivity index (χ0v) is 15.8. The maximum absolute atomic E-state index is 11.8. The second-order valence-corrected chi connectivity index (χ2v) is 6.79. The quantitative estimate of drug-likeness (QED) is 0.422. The van der Waals surface area contributed by atoms with Crippen LogP contribution in [0.3, 0.4) is 0 Å². The molecule has 0 saturated heterocycles. The Balaban J connectivity index is 1.72. The van der Waals surface area contributed by atoms with Crippen LogP contribution in [0.15, 0.2) is 62.9 Å². The molecule has 0 bridgehead atoms. The van der Waals surface area contributed by atoms with Gasteiger partial charge in [-0.05, 0) is 36.4 Å². The number of benzene rings is 2. The molecule has 134 valence electrons. The van der Waals surface area contributed by atoms with Gasteiger partial charge in [-0.1, -0.05) is 22.0 Å². The smallest absolute Gasteiger partial charge is 0.253 e. The summed E-state index contributed by atoms with van der Waals surface area (Å²) in [5, 5.41) is 9.81. The van der Waals surface area contributed by atoms with Gasteiger partial charge in [-0.15, -0.1) is 0 Å². The van der Waals surface area contributed by atoms with Crippen LogP contribution in [-0.4, -0.2) is 17.0 Å². The van der Waals surface area contributed by atoms with E-state index in [-0.39, 0.29) is 11.4 Å². The first-order chi connectivity index (χ1) is 13.1. The van der Waals surface area contributed by atoms with Gasteiger partial charge in [0.25, 0.3) is 10.9 Å². The van der Waals surface area contributed by atoms with Gasteiger partial charge in [0, 0.05) is 28.3 Å². The van der Waals surface area contributed by atoms with Crippen LogP contribution in [-0.2, 0) is 0 Å². The van der Waals surface area contributed by atoms with E-state index in [1.807, 2.05) is 36.4 Å². The number of hydrogen-bond donors (Lipinski definition) is 3. The molecular formula is C19H14BrN5O2. The third-order valence-corrected chi connectivity index (χ3v) is 4.65. The van der Waals surface area contributed by atoms with Crippen molar-refractivity contribution in [1.29, 1.82) is 0 Å². The highest BCUT2D eigenvalue weighted by molar-refractivity contribution is 9.10. The monoisotopic (exact) mass is 423 g/mol. The van der Waals surface area contributed by atoms with E-state index >= 15 is 0 Å². The topological polar surface area (TPSA) is 96.0 Å². The number of fused-ring (bicyclic) bond motifs is 1. The zero-order valence-electron chi connectivity index (χ0n) is 14.2. The summed E-state index contributed by atoms with van der Waals surface area (Å²) in [5.41, 5.74) is 1.81. The van der Waals surface area contributed by atoms with Crippen LogP contribution in [0.2, 0.25) is 0 Å². The van der Waals surface area contributed by atoms with E-state index in [1.165, 1.54) is 6.33 Å². The van der Waals surface area contributed by atoms with Gasteiger partial charge in [-0.3, -0.25) is 9.59 Å². The van der Waals surface area contributed by atoms with Gasteiger partial charge in [0.15, 0.2) is 0 Å². The lowest BCUT2D eigenvalue weighted by Gasteiger charge is -2.14. The van der Waals surface area contributed by atoms with E-state index in [9.17, 15) is 9.59 Å². The van der Waals surface area contributed by atoms with Gasteiger partial charge in [0.2, 0.25) is 0 Å². The molecule has 1 heterocycles. The summed E-state index contributed by atoms with van der Waals surface area (Å²) in [6, 6.07) is 13.2. The van der Waals surface area contributed by atoms with Crippen molar-refractivity contribution in [3.05, 3.63) is 73.7 Å². The van der Waals surface area contributed by atoms with Crippen LogP contribution in [0.5, 0.6) is 0 Å². The number of halogens is 1. The molecule has 0 aliphatic heterocycles. The molecule has 0 atom stereocenters. The Morgan fingerprint density at radius 3 is 2.44 bits per heavy atom. The molecule has 7 nitrogen and oxygen atoms in total. The highest BCUT2D eigenvalue weighted by Gasteiger charge is 2.19. The fraction of sp³-hybridized carbons (Fsp3) is 0.0526.